The van der Waals surface area contributed by atoms with Crippen LogP contribution in [0.15, 0.2) is 59.8 Å². The van der Waals surface area contributed by atoms with Gasteiger partial charge in [-0.05, 0) is 49.6 Å². The largest absolute Gasteiger partial charge is 0.490 e. The first-order valence-corrected chi connectivity index (χ1v) is 8.85. The maximum absolute atomic E-state index is 13.0. The number of benzene rings is 1. The van der Waals surface area contributed by atoms with Crippen LogP contribution in [0.5, 0.6) is 5.75 Å². The molecule has 3 aromatic heterocycles. The Bertz CT molecular complexity index is 1190. The third kappa shape index (κ3) is 2.77. The number of ether oxygens (including phenoxy) is 1. The van der Waals surface area contributed by atoms with Crippen molar-refractivity contribution >= 4 is 5.52 Å². The predicted octanol–water partition coefficient (Wildman–Crippen LogP) is 2.79. The Morgan fingerprint density at radius 2 is 1.93 bits per heavy atom. The lowest BCUT2D eigenvalue weighted by molar-refractivity contribution is 0.303. The Hall–Kier alpha value is -3.48. The third-order valence-electron chi connectivity index (χ3n) is 4.67. The number of rotatable bonds is 4. The summed E-state index contributed by atoms with van der Waals surface area (Å²) in [5, 5.41) is 4.22. The van der Waals surface area contributed by atoms with Crippen molar-refractivity contribution in [3.05, 3.63) is 71.2 Å². The highest BCUT2D eigenvalue weighted by atomic mass is 16.5. The molecule has 7 heteroatoms. The average molecular weight is 359 g/mol. The summed E-state index contributed by atoms with van der Waals surface area (Å²) in [4.78, 5) is 21.2. The van der Waals surface area contributed by atoms with Crippen molar-refractivity contribution in [1.82, 2.24) is 24.1 Å². The molecule has 27 heavy (non-hydrogen) atoms. The van der Waals surface area contributed by atoms with E-state index in [1.54, 1.807) is 29.1 Å². The van der Waals surface area contributed by atoms with Crippen LogP contribution in [0.4, 0.5) is 0 Å². The average Bonchev–Trinajstić information content (AvgIpc) is 3.44. The molecule has 134 valence electrons. The summed E-state index contributed by atoms with van der Waals surface area (Å²) in [6.07, 6.45) is 7.40. The lowest BCUT2D eigenvalue weighted by atomic mass is 10.1. The lowest BCUT2D eigenvalue weighted by Gasteiger charge is -2.07. The first kappa shape index (κ1) is 15.7. The molecule has 0 unspecified atom stereocenters. The summed E-state index contributed by atoms with van der Waals surface area (Å²) < 4.78 is 8.74. The summed E-state index contributed by atoms with van der Waals surface area (Å²) >= 11 is 0. The van der Waals surface area contributed by atoms with Gasteiger partial charge in [-0.3, -0.25) is 4.40 Å². The van der Waals surface area contributed by atoms with Gasteiger partial charge in [0.15, 0.2) is 0 Å². The molecule has 1 saturated carbocycles. The Labute approximate surface area is 154 Å². The van der Waals surface area contributed by atoms with Gasteiger partial charge in [-0.25, -0.2) is 14.8 Å². The lowest BCUT2D eigenvalue weighted by Crippen LogP contribution is -2.29. The smallest absolute Gasteiger partial charge is 0.356 e. The van der Waals surface area contributed by atoms with Crippen LogP contribution in [0, 0.1) is 6.92 Å². The topological polar surface area (TPSA) is 74.3 Å². The second-order valence-corrected chi connectivity index (χ2v) is 6.64. The number of hydrogen-bond acceptors (Lipinski definition) is 5. The zero-order valence-electron chi connectivity index (χ0n) is 14.7. The van der Waals surface area contributed by atoms with E-state index in [4.69, 9.17) is 4.74 Å². The Kier molecular flexibility index (Phi) is 3.53. The van der Waals surface area contributed by atoms with E-state index in [9.17, 15) is 4.79 Å². The summed E-state index contributed by atoms with van der Waals surface area (Å²) in [5.41, 5.74) is 3.25. The molecule has 3 heterocycles. The first-order chi connectivity index (χ1) is 13.2. The Balaban J connectivity index is 1.64. The number of nitrogens with zero attached hydrogens (tertiary/aromatic N) is 5. The second kappa shape index (κ2) is 6.05. The van der Waals surface area contributed by atoms with Gasteiger partial charge in [-0.1, -0.05) is 12.1 Å². The number of hydrogen-bond donors (Lipinski definition) is 0. The normalized spacial score (nSPS) is 13.8. The molecule has 0 radical (unpaired) electrons. The molecule has 0 N–H and O–H groups in total. The van der Waals surface area contributed by atoms with Crippen molar-refractivity contribution < 1.29 is 4.74 Å². The van der Waals surface area contributed by atoms with Crippen LogP contribution in [0.3, 0.4) is 0 Å². The van der Waals surface area contributed by atoms with Crippen molar-refractivity contribution in [3.8, 4) is 22.8 Å². The quantitative estimate of drug-likeness (QED) is 0.560. The zero-order chi connectivity index (χ0) is 18.4. The molecule has 0 bridgehead atoms. The standard InChI is InChI=1S/C20H17N5O2/c1-13-18(14-4-2-5-17(10-14)27-16-6-7-16)11-15-12-23-25(20(26)24(13)15)19-21-8-3-9-22-19/h2-5,8-12,16H,6-7H2,1H3. The van der Waals surface area contributed by atoms with E-state index in [-0.39, 0.29) is 11.6 Å². The van der Waals surface area contributed by atoms with Gasteiger partial charge >= 0.3 is 5.69 Å². The molecule has 0 amide bonds. The Morgan fingerprint density at radius 3 is 2.70 bits per heavy atom. The highest BCUT2D eigenvalue weighted by Gasteiger charge is 2.23. The fraction of sp³-hybridized carbons (Fsp3) is 0.200. The van der Waals surface area contributed by atoms with Gasteiger partial charge < -0.3 is 4.74 Å². The molecule has 0 aliphatic heterocycles. The van der Waals surface area contributed by atoms with Crippen LogP contribution in [-0.2, 0) is 0 Å². The first-order valence-electron chi connectivity index (χ1n) is 8.85. The summed E-state index contributed by atoms with van der Waals surface area (Å²) in [6.45, 7) is 1.92. The SMILES string of the molecule is Cc1c(-c2cccc(OC3CC3)c2)cc2cnn(-c3ncccn3)c(=O)n12. The van der Waals surface area contributed by atoms with Crippen molar-refractivity contribution in [2.45, 2.75) is 25.9 Å². The third-order valence-corrected chi connectivity index (χ3v) is 4.67. The molecule has 5 rings (SSSR count). The minimum atomic E-state index is -0.298. The fourth-order valence-corrected chi connectivity index (χ4v) is 3.19. The monoisotopic (exact) mass is 359 g/mol. The fourth-order valence-electron chi connectivity index (χ4n) is 3.19. The predicted molar refractivity (Wildman–Crippen MR) is 100 cm³/mol. The highest BCUT2D eigenvalue weighted by molar-refractivity contribution is 5.74. The van der Waals surface area contributed by atoms with Gasteiger partial charge in [-0.2, -0.15) is 5.10 Å². The van der Waals surface area contributed by atoms with Gasteiger partial charge in [-0.15, -0.1) is 4.68 Å². The highest BCUT2D eigenvalue weighted by Crippen LogP contribution is 2.32. The van der Waals surface area contributed by atoms with E-state index >= 15 is 0 Å². The molecule has 4 aromatic rings. The van der Waals surface area contributed by atoms with Crippen molar-refractivity contribution in [3.63, 3.8) is 0 Å². The van der Waals surface area contributed by atoms with Crippen LogP contribution in [0.1, 0.15) is 18.5 Å². The molecule has 0 atom stereocenters. The van der Waals surface area contributed by atoms with Crippen molar-refractivity contribution in [1.29, 1.82) is 0 Å². The minimum absolute atomic E-state index is 0.249. The van der Waals surface area contributed by atoms with Crippen LogP contribution in [0.25, 0.3) is 22.6 Å². The molecule has 0 spiro atoms. The second-order valence-electron chi connectivity index (χ2n) is 6.64. The van der Waals surface area contributed by atoms with Crippen molar-refractivity contribution in [2.75, 3.05) is 0 Å². The van der Waals surface area contributed by atoms with Gasteiger partial charge in [0.25, 0.3) is 5.95 Å². The number of fused-ring (bicyclic) bond motifs is 1. The van der Waals surface area contributed by atoms with Crippen LogP contribution >= 0.6 is 0 Å². The number of aromatic nitrogens is 5. The van der Waals surface area contributed by atoms with E-state index in [2.05, 4.69) is 15.1 Å². The molecular formula is C20H17N5O2. The van der Waals surface area contributed by atoms with E-state index in [0.717, 1.165) is 40.9 Å². The maximum atomic E-state index is 13.0. The van der Waals surface area contributed by atoms with Crippen LogP contribution in [-0.4, -0.2) is 30.3 Å². The van der Waals surface area contributed by atoms with Gasteiger partial charge in [0.05, 0.1) is 17.8 Å². The van der Waals surface area contributed by atoms with Gasteiger partial charge in [0, 0.05) is 23.7 Å². The summed E-state index contributed by atoms with van der Waals surface area (Å²) in [7, 11) is 0. The molecular weight excluding hydrogens is 342 g/mol. The van der Waals surface area contributed by atoms with Crippen molar-refractivity contribution in [2.24, 2.45) is 0 Å². The molecule has 7 nitrogen and oxygen atoms in total. The van der Waals surface area contributed by atoms with E-state index in [1.807, 2.05) is 37.3 Å². The molecule has 1 aliphatic rings. The maximum Gasteiger partial charge on any atom is 0.356 e. The summed E-state index contributed by atoms with van der Waals surface area (Å²) in [6, 6.07) is 11.6. The minimum Gasteiger partial charge on any atom is -0.490 e. The van der Waals surface area contributed by atoms with E-state index < -0.39 is 0 Å². The van der Waals surface area contributed by atoms with Crippen LogP contribution in [0.2, 0.25) is 0 Å². The zero-order valence-corrected chi connectivity index (χ0v) is 14.7. The van der Waals surface area contributed by atoms with Crippen LogP contribution < -0.4 is 10.4 Å². The summed E-state index contributed by atoms with van der Waals surface area (Å²) in [5.74, 6) is 1.11. The van der Waals surface area contributed by atoms with E-state index in [1.165, 1.54) is 4.68 Å². The molecule has 0 saturated heterocycles. The molecule has 1 aliphatic carbocycles. The molecule has 1 fully saturated rings. The van der Waals surface area contributed by atoms with Gasteiger partial charge in [0.2, 0.25) is 0 Å². The van der Waals surface area contributed by atoms with Gasteiger partial charge in [0.1, 0.15) is 5.75 Å². The number of aryl methyl sites for hydroxylation is 1. The van der Waals surface area contributed by atoms with E-state index in [0.29, 0.717) is 6.10 Å². The Morgan fingerprint density at radius 1 is 1.11 bits per heavy atom. The molecule has 1 aromatic carbocycles.